The molecule has 1 heterocycles. The van der Waals surface area contributed by atoms with Gasteiger partial charge in [-0.2, -0.15) is 30.7 Å². The van der Waals surface area contributed by atoms with E-state index in [0.29, 0.717) is 0 Å². The minimum Gasteiger partial charge on any atom is -0.207 e. The van der Waals surface area contributed by atoms with Crippen molar-refractivity contribution in [3.63, 3.8) is 0 Å². The van der Waals surface area contributed by atoms with E-state index >= 15 is 0 Å². The first kappa shape index (κ1) is 18.4. The predicted molar refractivity (Wildman–Crippen MR) is 82.9 cm³/mol. The molecule has 1 aromatic heterocycles. The van der Waals surface area contributed by atoms with Crippen molar-refractivity contribution in [2.75, 3.05) is 0 Å². The minimum absolute atomic E-state index is 0.00798. The third-order valence-electron chi connectivity index (χ3n) is 3.52. The Morgan fingerprint density at radius 1 is 0.654 bits per heavy atom. The lowest BCUT2D eigenvalue weighted by Gasteiger charge is -2.06. The van der Waals surface area contributed by atoms with E-state index in [9.17, 15) is 30.7 Å². The Kier molecular flexibility index (Phi) is 4.51. The maximum absolute atomic E-state index is 14.1. The number of aromatic nitrogens is 1. The standard InChI is InChI=1S/C17H8F7NS/c18-14-13(9-1-5-11(6-2-9)16(19,20)21)26-15(25-14)10-3-7-12(8-4-10)17(22,23)24/h1-8H. The van der Waals surface area contributed by atoms with Crippen LogP contribution in [0, 0.1) is 5.95 Å². The molecule has 0 saturated heterocycles. The zero-order valence-electron chi connectivity index (χ0n) is 12.6. The SMILES string of the molecule is Fc1nc(-c2ccc(C(F)(F)F)cc2)sc1-c1ccc(C(F)(F)F)cc1. The van der Waals surface area contributed by atoms with Gasteiger partial charge in [0.2, 0.25) is 5.95 Å². The number of rotatable bonds is 2. The van der Waals surface area contributed by atoms with Gasteiger partial charge >= 0.3 is 12.4 Å². The van der Waals surface area contributed by atoms with Crippen molar-refractivity contribution in [1.29, 1.82) is 0 Å². The average molecular weight is 391 g/mol. The minimum atomic E-state index is -4.50. The number of halogens is 7. The fourth-order valence-electron chi connectivity index (χ4n) is 2.22. The van der Waals surface area contributed by atoms with Crippen molar-refractivity contribution in [1.82, 2.24) is 4.98 Å². The number of nitrogens with zero attached hydrogens (tertiary/aromatic N) is 1. The zero-order chi connectivity index (χ0) is 19.1. The summed E-state index contributed by atoms with van der Waals surface area (Å²) in [5.74, 6) is -0.898. The van der Waals surface area contributed by atoms with Crippen LogP contribution in [0.4, 0.5) is 30.7 Å². The smallest absolute Gasteiger partial charge is 0.207 e. The Morgan fingerprint density at radius 3 is 1.50 bits per heavy atom. The molecule has 9 heteroatoms. The quantitative estimate of drug-likeness (QED) is 0.446. The highest BCUT2D eigenvalue weighted by Crippen LogP contribution is 2.37. The molecule has 0 atom stereocenters. The maximum atomic E-state index is 14.1. The summed E-state index contributed by atoms with van der Waals surface area (Å²) in [5, 5.41) is 0.131. The molecule has 0 amide bonds. The highest BCUT2D eigenvalue weighted by molar-refractivity contribution is 7.18. The van der Waals surface area contributed by atoms with Crippen molar-refractivity contribution >= 4 is 11.3 Å². The van der Waals surface area contributed by atoms with Gasteiger partial charge in [0.1, 0.15) is 5.01 Å². The van der Waals surface area contributed by atoms with Crippen LogP contribution >= 0.6 is 11.3 Å². The van der Waals surface area contributed by atoms with Gasteiger partial charge < -0.3 is 0 Å². The van der Waals surface area contributed by atoms with E-state index < -0.39 is 29.4 Å². The van der Waals surface area contributed by atoms with Crippen LogP contribution in [0.2, 0.25) is 0 Å². The van der Waals surface area contributed by atoms with Crippen LogP contribution in [-0.4, -0.2) is 4.98 Å². The molecule has 0 radical (unpaired) electrons. The van der Waals surface area contributed by atoms with Crippen LogP contribution in [0.25, 0.3) is 21.0 Å². The molecule has 0 N–H and O–H groups in total. The second-order valence-corrected chi connectivity index (χ2v) is 6.29. The van der Waals surface area contributed by atoms with E-state index in [0.717, 1.165) is 59.9 Å². The molecular weight excluding hydrogens is 383 g/mol. The van der Waals surface area contributed by atoms with Crippen molar-refractivity contribution in [2.45, 2.75) is 12.4 Å². The Hall–Kier alpha value is -2.42. The van der Waals surface area contributed by atoms with Crippen LogP contribution in [-0.2, 0) is 12.4 Å². The summed E-state index contributed by atoms with van der Waals surface area (Å²) in [6.45, 7) is 0. The second kappa shape index (κ2) is 6.39. The first-order valence-electron chi connectivity index (χ1n) is 7.07. The predicted octanol–water partition coefficient (Wildman–Crippen LogP) is 6.65. The summed E-state index contributed by atoms with van der Waals surface area (Å²) >= 11 is 0.844. The normalized spacial score (nSPS) is 12.4. The number of alkyl halides is 6. The van der Waals surface area contributed by atoms with Gasteiger partial charge in [0, 0.05) is 5.56 Å². The summed E-state index contributed by atoms with van der Waals surface area (Å²) in [6.07, 6.45) is -8.99. The van der Waals surface area contributed by atoms with Gasteiger partial charge in [0.15, 0.2) is 0 Å². The summed E-state index contributed by atoms with van der Waals surface area (Å²) in [4.78, 5) is 3.68. The molecule has 0 fully saturated rings. The monoisotopic (exact) mass is 391 g/mol. The lowest BCUT2D eigenvalue weighted by Crippen LogP contribution is -2.03. The topological polar surface area (TPSA) is 12.9 Å². The molecule has 0 unspecified atom stereocenters. The summed E-state index contributed by atoms with van der Waals surface area (Å²) in [6, 6.07) is 7.93. The molecule has 0 bridgehead atoms. The van der Waals surface area contributed by atoms with Gasteiger partial charge in [-0.15, -0.1) is 11.3 Å². The van der Waals surface area contributed by atoms with Crippen LogP contribution in [0.5, 0.6) is 0 Å². The van der Waals surface area contributed by atoms with Crippen LogP contribution in [0.1, 0.15) is 11.1 Å². The first-order valence-corrected chi connectivity index (χ1v) is 7.89. The third-order valence-corrected chi connectivity index (χ3v) is 4.65. The molecule has 3 aromatic rings. The molecular formula is C17H8F7NS. The molecule has 0 saturated carbocycles. The molecule has 0 aliphatic rings. The summed E-state index contributed by atoms with van der Waals surface area (Å²) in [5.41, 5.74) is -1.23. The number of hydrogen-bond acceptors (Lipinski definition) is 2. The third kappa shape index (κ3) is 3.72. The summed E-state index contributed by atoms with van der Waals surface area (Å²) < 4.78 is 89.5. The Balaban J connectivity index is 1.92. The van der Waals surface area contributed by atoms with Crippen LogP contribution in [0.15, 0.2) is 48.5 Å². The van der Waals surface area contributed by atoms with Gasteiger partial charge in [-0.3, -0.25) is 0 Å². The molecule has 26 heavy (non-hydrogen) atoms. The molecule has 0 aliphatic carbocycles. The van der Waals surface area contributed by atoms with E-state index in [1.165, 1.54) is 0 Å². The van der Waals surface area contributed by atoms with Crippen molar-refractivity contribution < 1.29 is 30.7 Å². The van der Waals surface area contributed by atoms with Crippen molar-refractivity contribution in [3.05, 3.63) is 65.6 Å². The van der Waals surface area contributed by atoms with Crippen LogP contribution < -0.4 is 0 Å². The second-order valence-electron chi connectivity index (χ2n) is 5.29. The van der Waals surface area contributed by atoms with E-state index in [4.69, 9.17) is 0 Å². The molecule has 0 spiro atoms. The Bertz CT molecular complexity index is 906. The number of thiazole rings is 1. The lowest BCUT2D eigenvalue weighted by molar-refractivity contribution is -0.138. The fraction of sp³-hybridized carbons (Fsp3) is 0.118. The zero-order valence-corrected chi connectivity index (χ0v) is 13.4. The van der Waals surface area contributed by atoms with Gasteiger partial charge in [0.25, 0.3) is 0 Å². The van der Waals surface area contributed by atoms with Gasteiger partial charge in [0.05, 0.1) is 16.0 Å². The average Bonchev–Trinajstić information content (AvgIpc) is 2.95. The van der Waals surface area contributed by atoms with E-state index in [2.05, 4.69) is 4.98 Å². The molecule has 0 aliphatic heterocycles. The largest absolute Gasteiger partial charge is 0.416 e. The lowest BCUT2D eigenvalue weighted by atomic mass is 10.1. The Morgan fingerprint density at radius 2 is 1.08 bits per heavy atom. The highest BCUT2D eigenvalue weighted by atomic mass is 32.1. The molecule has 2 aromatic carbocycles. The van der Waals surface area contributed by atoms with E-state index in [-0.39, 0.29) is 21.0 Å². The van der Waals surface area contributed by atoms with Gasteiger partial charge in [-0.25, -0.2) is 4.98 Å². The first-order chi connectivity index (χ1) is 12.1. The molecule has 1 nitrogen and oxygen atoms in total. The number of benzene rings is 2. The number of hydrogen-bond donors (Lipinski definition) is 0. The van der Waals surface area contributed by atoms with Crippen molar-refractivity contribution in [3.8, 4) is 21.0 Å². The van der Waals surface area contributed by atoms with E-state index in [1.807, 2.05) is 0 Å². The molecule has 3 rings (SSSR count). The van der Waals surface area contributed by atoms with Crippen molar-refractivity contribution in [2.24, 2.45) is 0 Å². The van der Waals surface area contributed by atoms with Gasteiger partial charge in [-0.05, 0) is 29.8 Å². The fourth-order valence-corrected chi connectivity index (χ4v) is 3.17. The maximum Gasteiger partial charge on any atom is 0.416 e. The molecule has 136 valence electrons. The summed E-state index contributed by atoms with van der Waals surface area (Å²) in [7, 11) is 0. The van der Waals surface area contributed by atoms with Gasteiger partial charge in [-0.1, -0.05) is 24.3 Å². The van der Waals surface area contributed by atoms with E-state index in [1.54, 1.807) is 0 Å². The Labute approximate surface area is 146 Å². The van der Waals surface area contributed by atoms with Crippen LogP contribution in [0.3, 0.4) is 0 Å². The highest BCUT2D eigenvalue weighted by Gasteiger charge is 2.31.